The largest absolute Gasteiger partial charge is 0.493 e. The van der Waals surface area contributed by atoms with Crippen molar-refractivity contribution in [3.8, 4) is 5.88 Å². The highest BCUT2D eigenvalue weighted by atomic mass is 16.3. The number of hydrogen-bond acceptors (Lipinski definition) is 3. The molecule has 0 bridgehead atoms. The summed E-state index contributed by atoms with van der Waals surface area (Å²) in [6, 6.07) is 0. The molecule has 4 heteroatoms. The lowest BCUT2D eigenvalue weighted by Gasteiger charge is -1.90. The van der Waals surface area contributed by atoms with Gasteiger partial charge in [-0.15, -0.1) is 0 Å². The maximum absolute atomic E-state index is 9.18. The molecule has 0 aromatic carbocycles. The maximum Gasteiger partial charge on any atom is 0.220 e. The van der Waals surface area contributed by atoms with Crippen LogP contribution in [-0.2, 0) is 7.05 Å². The molecule has 1 aromatic heterocycles. The lowest BCUT2D eigenvalue weighted by Crippen LogP contribution is -1.84. The zero-order chi connectivity index (χ0) is 7.56. The van der Waals surface area contributed by atoms with Crippen molar-refractivity contribution in [2.45, 2.75) is 0 Å². The molecule has 4 nitrogen and oxygen atoms in total. The molecule has 0 aliphatic carbocycles. The SMILES string of the molecule is CN=Cc1ncn(C)c1O. The Bertz CT molecular complexity index is 251. The highest BCUT2D eigenvalue weighted by Gasteiger charge is 2.01. The number of rotatable bonds is 1. The molecular formula is C6H9N3O. The average molecular weight is 139 g/mol. The molecule has 0 atom stereocenters. The molecule has 1 N–H and O–H groups in total. The van der Waals surface area contributed by atoms with Crippen LogP contribution in [0.2, 0.25) is 0 Å². The molecular weight excluding hydrogens is 130 g/mol. The minimum Gasteiger partial charge on any atom is -0.493 e. The van der Waals surface area contributed by atoms with E-state index in [-0.39, 0.29) is 5.88 Å². The second-order valence-electron chi connectivity index (χ2n) is 1.95. The van der Waals surface area contributed by atoms with E-state index in [9.17, 15) is 5.11 Å². The van der Waals surface area contributed by atoms with Crippen LogP contribution in [0.5, 0.6) is 5.88 Å². The van der Waals surface area contributed by atoms with E-state index in [4.69, 9.17) is 0 Å². The molecule has 0 saturated carbocycles. The van der Waals surface area contributed by atoms with Gasteiger partial charge in [0, 0.05) is 14.1 Å². The van der Waals surface area contributed by atoms with Crippen LogP contribution in [0.4, 0.5) is 0 Å². The Labute approximate surface area is 58.9 Å². The van der Waals surface area contributed by atoms with E-state index in [0.29, 0.717) is 5.69 Å². The van der Waals surface area contributed by atoms with Crippen LogP contribution in [0.15, 0.2) is 11.3 Å². The van der Waals surface area contributed by atoms with Crippen molar-refractivity contribution in [2.24, 2.45) is 12.0 Å². The van der Waals surface area contributed by atoms with Crippen molar-refractivity contribution in [1.82, 2.24) is 9.55 Å². The molecule has 1 aromatic rings. The van der Waals surface area contributed by atoms with Crippen LogP contribution in [0, 0.1) is 0 Å². The second-order valence-corrected chi connectivity index (χ2v) is 1.95. The van der Waals surface area contributed by atoms with Crippen molar-refractivity contribution in [3.63, 3.8) is 0 Å². The molecule has 0 amide bonds. The zero-order valence-electron chi connectivity index (χ0n) is 5.94. The fourth-order valence-corrected chi connectivity index (χ4v) is 0.655. The molecule has 0 saturated heterocycles. The second kappa shape index (κ2) is 2.51. The smallest absolute Gasteiger partial charge is 0.220 e. The van der Waals surface area contributed by atoms with Gasteiger partial charge in [0.05, 0.1) is 12.5 Å². The average Bonchev–Trinajstić information content (AvgIpc) is 2.20. The Balaban J connectivity index is 3.05. The topological polar surface area (TPSA) is 50.4 Å². The van der Waals surface area contributed by atoms with Gasteiger partial charge in [-0.25, -0.2) is 4.98 Å². The first-order valence-electron chi connectivity index (χ1n) is 2.88. The lowest BCUT2D eigenvalue weighted by molar-refractivity contribution is 0.431. The number of aliphatic imine (C=N–C) groups is 1. The summed E-state index contributed by atoms with van der Waals surface area (Å²) in [6.07, 6.45) is 3.04. The number of hydrogen-bond donors (Lipinski definition) is 1. The number of imidazole rings is 1. The fraction of sp³-hybridized carbons (Fsp3) is 0.333. The van der Waals surface area contributed by atoms with E-state index in [1.165, 1.54) is 17.1 Å². The van der Waals surface area contributed by atoms with Gasteiger partial charge in [-0.3, -0.25) is 4.99 Å². The first kappa shape index (κ1) is 6.80. The molecule has 0 fully saturated rings. The van der Waals surface area contributed by atoms with Crippen molar-refractivity contribution in [2.75, 3.05) is 7.05 Å². The molecule has 10 heavy (non-hydrogen) atoms. The summed E-state index contributed by atoms with van der Waals surface area (Å²) >= 11 is 0. The van der Waals surface area contributed by atoms with Gasteiger partial charge in [-0.05, 0) is 0 Å². The third-order valence-corrected chi connectivity index (χ3v) is 1.18. The van der Waals surface area contributed by atoms with E-state index in [0.717, 1.165) is 0 Å². The van der Waals surface area contributed by atoms with Gasteiger partial charge in [0.15, 0.2) is 0 Å². The van der Waals surface area contributed by atoms with Crippen LogP contribution < -0.4 is 0 Å². The predicted octanol–water partition coefficient (Wildman–Crippen LogP) is 0.174. The summed E-state index contributed by atoms with van der Waals surface area (Å²) in [4.78, 5) is 7.59. The van der Waals surface area contributed by atoms with Crippen LogP contribution in [0.1, 0.15) is 5.69 Å². The van der Waals surface area contributed by atoms with Gasteiger partial charge >= 0.3 is 0 Å². The van der Waals surface area contributed by atoms with Crippen LogP contribution >= 0.6 is 0 Å². The fourth-order valence-electron chi connectivity index (χ4n) is 0.655. The van der Waals surface area contributed by atoms with Crippen molar-refractivity contribution in [3.05, 3.63) is 12.0 Å². The third kappa shape index (κ3) is 1.00. The molecule has 0 radical (unpaired) electrons. The van der Waals surface area contributed by atoms with Crippen LogP contribution in [-0.4, -0.2) is 27.9 Å². The van der Waals surface area contributed by atoms with Gasteiger partial charge in [0.25, 0.3) is 0 Å². The zero-order valence-corrected chi connectivity index (χ0v) is 5.94. The quantitative estimate of drug-likeness (QED) is 0.564. The molecule has 54 valence electrons. The van der Waals surface area contributed by atoms with Gasteiger partial charge in [-0.1, -0.05) is 0 Å². The minimum absolute atomic E-state index is 0.144. The first-order valence-corrected chi connectivity index (χ1v) is 2.88. The van der Waals surface area contributed by atoms with Crippen molar-refractivity contribution >= 4 is 6.21 Å². The van der Waals surface area contributed by atoms with Crippen LogP contribution in [0.25, 0.3) is 0 Å². The molecule has 0 aliphatic heterocycles. The molecule has 0 aliphatic rings. The Morgan fingerprint density at radius 3 is 2.90 bits per heavy atom. The third-order valence-electron chi connectivity index (χ3n) is 1.18. The number of aryl methyl sites for hydroxylation is 1. The summed E-state index contributed by atoms with van der Waals surface area (Å²) in [5, 5.41) is 9.18. The number of aromatic hydroxyl groups is 1. The summed E-state index contributed by atoms with van der Waals surface area (Å²) in [5.74, 6) is 0.144. The van der Waals surface area contributed by atoms with E-state index in [1.807, 2.05) is 0 Å². The van der Waals surface area contributed by atoms with Crippen molar-refractivity contribution in [1.29, 1.82) is 0 Å². The first-order chi connectivity index (χ1) is 4.75. The molecule has 1 rings (SSSR count). The Hall–Kier alpha value is -1.32. The van der Waals surface area contributed by atoms with Gasteiger partial charge in [-0.2, -0.15) is 0 Å². The Morgan fingerprint density at radius 1 is 1.80 bits per heavy atom. The minimum atomic E-state index is 0.144. The highest BCUT2D eigenvalue weighted by molar-refractivity contribution is 5.79. The van der Waals surface area contributed by atoms with Gasteiger partial charge in [0.1, 0.15) is 5.69 Å². The maximum atomic E-state index is 9.18. The van der Waals surface area contributed by atoms with E-state index < -0.39 is 0 Å². The summed E-state index contributed by atoms with van der Waals surface area (Å²) in [6.45, 7) is 0. The normalized spacial score (nSPS) is 11.0. The van der Waals surface area contributed by atoms with Crippen molar-refractivity contribution < 1.29 is 5.11 Å². The lowest BCUT2D eigenvalue weighted by atomic mass is 10.5. The highest BCUT2D eigenvalue weighted by Crippen LogP contribution is 2.09. The van der Waals surface area contributed by atoms with Gasteiger partial charge < -0.3 is 9.67 Å². The summed E-state index contributed by atoms with van der Waals surface area (Å²) in [7, 11) is 3.35. The monoisotopic (exact) mass is 139 g/mol. The predicted molar refractivity (Wildman–Crippen MR) is 38.4 cm³/mol. The summed E-state index contributed by atoms with van der Waals surface area (Å²) < 4.78 is 1.52. The molecule has 0 spiro atoms. The molecule has 1 heterocycles. The van der Waals surface area contributed by atoms with E-state index >= 15 is 0 Å². The standard InChI is InChI=1S/C6H9N3O/c1-7-3-5-6(10)9(2)4-8-5/h3-4,10H,1-2H3. The van der Waals surface area contributed by atoms with Gasteiger partial charge in [0.2, 0.25) is 5.88 Å². The van der Waals surface area contributed by atoms with E-state index in [2.05, 4.69) is 9.98 Å². The number of nitrogens with zero attached hydrogens (tertiary/aromatic N) is 3. The molecule has 0 unspecified atom stereocenters. The Morgan fingerprint density at radius 2 is 2.50 bits per heavy atom. The Kier molecular flexibility index (Phi) is 1.71. The van der Waals surface area contributed by atoms with Crippen LogP contribution in [0.3, 0.4) is 0 Å². The summed E-state index contributed by atoms with van der Waals surface area (Å²) in [5.41, 5.74) is 0.505. The van der Waals surface area contributed by atoms with E-state index in [1.54, 1.807) is 14.1 Å². The number of aromatic nitrogens is 2.